The molecule has 0 aromatic heterocycles. The van der Waals surface area contributed by atoms with Crippen molar-refractivity contribution in [1.29, 1.82) is 0 Å². The van der Waals surface area contributed by atoms with E-state index in [-0.39, 0.29) is 10.6 Å². The number of piperazine rings is 1. The summed E-state index contributed by atoms with van der Waals surface area (Å²) >= 11 is 0. The number of nitrogens with zero attached hydrogens (tertiary/aromatic N) is 3. The summed E-state index contributed by atoms with van der Waals surface area (Å²) in [5.74, 6) is 0. The molecule has 0 unspecified atom stereocenters. The first-order chi connectivity index (χ1) is 10.7. The van der Waals surface area contributed by atoms with Crippen LogP contribution in [-0.4, -0.2) is 46.9 Å². The van der Waals surface area contributed by atoms with E-state index in [9.17, 15) is 10.1 Å². The van der Waals surface area contributed by atoms with Gasteiger partial charge >= 0.3 is 0 Å². The molecule has 0 amide bonds. The third-order valence-electron chi connectivity index (χ3n) is 5.08. The zero-order valence-corrected chi connectivity index (χ0v) is 13.1. The SMILES string of the molecule is O=[N+]([O-])c1ccccc1CN1CCN(C2CCCCC2)CC1. The Balaban J connectivity index is 1.55. The summed E-state index contributed by atoms with van der Waals surface area (Å²) in [6, 6.07) is 7.89. The highest BCUT2D eigenvalue weighted by Gasteiger charge is 2.26. The molecule has 2 aliphatic rings. The summed E-state index contributed by atoms with van der Waals surface area (Å²) in [4.78, 5) is 15.8. The molecule has 120 valence electrons. The van der Waals surface area contributed by atoms with E-state index in [1.165, 1.54) is 32.1 Å². The fourth-order valence-electron chi connectivity index (χ4n) is 3.80. The van der Waals surface area contributed by atoms with Crippen LogP contribution >= 0.6 is 0 Å². The molecule has 0 bridgehead atoms. The fraction of sp³-hybridized carbons (Fsp3) is 0.647. The highest BCUT2D eigenvalue weighted by atomic mass is 16.6. The van der Waals surface area contributed by atoms with Crippen molar-refractivity contribution in [2.24, 2.45) is 0 Å². The van der Waals surface area contributed by atoms with Crippen LogP contribution < -0.4 is 0 Å². The van der Waals surface area contributed by atoms with Crippen molar-refractivity contribution in [3.63, 3.8) is 0 Å². The van der Waals surface area contributed by atoms with Crippen molar-refractivity contribution >= 4 is 5.69 Å². The molecular weight excluding hydrogens is 278 g/mol. The predicted molar refractivity (Wildman–Crippen MR) is 86.8 cm³/mol. The van der Waals surface area contributed by atoms with Gasteiger partial charge in [0.2, 0.25) is 0 Å². The number of hydrogen-bond donors (Lipinski definition) is 0. The second-order valence-electron chi connectivity index (χ2n) is 6.49. The molecule has 3 rings (SSSR count). The standard InChI is InChI=1S/C17H25N3O2/c21-20(22)17-9-5-4-6-15(17)14-18-10-12-19(13-11-18)16-7-2-1-3-8-16/h4-6,9,16H,1-3,7-8,10-14H2. The van der Waals surface area contributed by atoms with Crippen molar-refractivity contribution in [2.75, 3.05) is 26.2 Å². The van der Waals surface area contributed by atoms with Gasteiger partial charge in [-0.1, -0.05) is 37.5 Å². The molecule has 0 spiro atoms. The third kappa shape index (κ3) is 3.65. The minimum atomic E-state index is -0.270. The monoisotopic (exact) mass is 303 g/mol. The summed E-state index contributed by atoms with van der Waals surface area (Å²) in [5.41, 5.74) is 1.08. The Bertz CT molecular complexity index is 506. The normalized spacial score (nSPS) is 21.8. The smallest absolute Gasteiger partial charge is 0.273 e. The molecule has 5 heteroatoms. The van der Waals surface area contributed by atoms with Gasteiger partial charge in [-0.25, -0.2) is 0 Å². The van der Waals surface area contributed by atoms with Gasteiger partial charge in [0.25, 0.3) is 5.69 Å². The number of nitro groups is 1. The Morgan fingerprint density at radius 1 is 1.05 bits per heavy atom. The average molecular weight is 303 g/mol. The molecule has 1 aliphatic carbocycles. The highest BCUT2D eigenvalue weighted by Crippen LogP contribution is 2.25. The van der Waals surface area contributed by atoms with Crippen LogP contribution in [0.2, 0.25) is 0 Å². The number of rotatable bonds is 4. The molecule has 1 aromatic rings. The van der Waals surface area contributed by atoms with Gasteiger partial charge in [0.1, 0.15) is 0 Å². The van der Waals surface area contributed by atoms with E-state index in [1.807, 2.05) is 12.1 Å². The zero-order valence-electron chi connectivity index (χ0n) is 13.1. The van der Waals surface area contributed by atoms with Crippen LogP contribution in [0.1, 0.15) is 37.7 Å². The summed E-state index contributed by atoms with van der Waals surface area (Å²) in [5, 5.41) is 11.1. The Morgan fingerprint density at radius 3 is 2.41 bits per heavy atom. The molecule has 0 atom stereocenters. The molecule has 2 fully saturated rings. The molecule has 0 N–H and O–H groups in total. The third-order valence-corrected chi connectivity index (χ3v) is 5.08. The lowest BCUT2D eigenvalue weighted by molar-refractivity contribution is -0.385. The quantitative estimate of drug-likeness (QED) is 0.633. The maximum absolute atomic E-state index is 11.1. The van der Waals surface area contributed by atoms with Crippen molar-refractivity contribution in [1.82, 2.24) is 9.80 Å². The van der Waals surface area contributed by atoms with E-state index in [0.29, 0.717) is 6.54 Å². The summed E-state index contributed by atoms with van der Waals surface area (Å²) < 4.78 is 0. The fourth-order valence-corrected chi connectivity index (χ4v) is 3.80. The Labute approximate surface area is 132 Å². The Morgan fingerprint density at radius 2 is 1.73 bits per heavy atom. The average Bonchev–Trinajstić information content (AvgIpc) is 2.57. The Kier molecular flexibility index (Phi) is 5.05. The molecule has 1 aromatic carbocycles. The van der Waals surface area contributed by atoms with E-state index >= 15 is 0 Å². The lowest BCUT2D eigenvalue weighted by Crippen LogP contribution is -2.50. The minimum Gasteiger partial charge on any atom is -0.298 e. The van der Waals surface area contributed by atoms with Crippen LogP contribution in [0, 0.1) is 10.1 Å². The molecule has 0 radical (unpaired) electrons. The maximum atomic E-state index is 11.1. The zero-order chi connectivity index (χ0) is 15.4. The highest BCUT2D eigenvalue weighted by molar-refractivity contribution is 5.39. The number of hydrogen-bond acceptors (Lipinski definition) is 4. The Hall–Kier alpha value is -1.46. The van der Waals surface area contributed by atoms with Crippen LogP contribution in [0.4, 0.5) is 5.69 Å². The largest absolute Gasteiger partial charge is 0.298 e. The van der Waals surface area contributed by atoms with Gasteiger partial charge in [-0.3, -0.25) is 19.9 Å². The van der Waals surface area contributed by atoms with Gasteiger partial charge in [0.15, 0.2) is 0 Å². The second kappa shape index (κ2) is 7.20. The second-order valence-corrected chi connectivity index (χ2v) is 6.49. The van der Waals surface area contributed by atoms with Crippen LogP contribution in [0.3, 0.4) is 0 Å². The number of para-hydroxylation sites is 1. The molecular formula is C17H25N3O2. The van der Waals surface area contributed by atoms with Crippen molar-refractivity contribution < 1.29 is 4.92 Å². The first kappa shape index (κ1) is 15.4. The summed E-state index contributed by atoms with van der Waals surface area (Å²) in [6.45, 7) is 4.93. The maximum Gasteiger partial charge on any atom is 0.273 e. The first-order valence-corrected chi connectivity index (χ1v) is 8.43. The van der Waals surface area contributed by atoms with Crippen molar-refractivity contribution in [2.45, 2.75) is 44.7 Å². The van der Waals surface area contributed by atoms with Gasteiger partial charge in [-0.2, -0.15) is 0 Å². The topological polar surface area (TPSA) is 49.6 Å². The minimum absolute atomic E-state index is 0.247. The first-order valence-electron chi connectivity index (χ1n) is 8.43. The van der Waals surface area contributed by atoms with E-state index in [4.69, 9.17) is 0 Å². The van der Waals surface area contributed by atoms with E-state index in [2.05, 4.69) is 9.80 Å². The van der Waals surface area contributed by atoms with E-state index < -0.39 is 0 Å². The van der Waals surface area contributed by atoms with Crippen LogP contribution in [0.15, 0.2) is 24.3 Å². The van der Waals surface area contributed by atoms with Crippen molar-refractivity contribution in [3.8, 4) is 0 Å². The molecule has 22 heavy (non-hydrogen) atoms. The van der Waals surface area contributed by atoms with Crippen LogP contribution in [-0.2, 0) is 6.54 Å². The molecule has 1 heterocycles. The lowest BCUT2D eigenvalue weighted by atomic mass is 9.94. The van der Waals surface area contributed by atoms with Gasteiger partial charge in [-0.05, 0) is 12.8 Å². The van der Waals surface area contributed by atoms with Gasteiger partial charge in [-0.15, -0.1) is 0 Å². The van der Waals surface area contributed by atoms with Crippen molar-refractivity contribution in [3.05, 3.63) is 39.9 Å². The summed E-state index contributed by atoms with van der Waals surface area (Å²) in [6.07, 6.45) is 6.85. The van der Waals surface area contributed by atoms with E-state index in [1.54, 1.807) is 12.1 Å². The lowest BCUT2D eigenvalue weighted by Gasteiger charge is -2.40. The number of nitro benzene ring substituents is 1. The molecule has 1 saturated carbocycles. The van der Waals surface area contributed by atoms with E-state index in [0.717, 1.165) is 37.8 Å². The van der Waals surface area contributed by atoms with Crippen LogP contribution in [0.25, 0.3) is 0 Å². The predicted octanol–water partition coefficient (Wildman–Crippen LogP) is 3.05. The molecule has 1 aliphatic heterocycles. The number of benzene rings is 1. The molecule has 1 saturated heterocycles. The van der Waals surface area contributed by atoms with Crippen LogP contribution in [0.5, 0.6) is 0 Å². The van der Waals surface area contributed by atoms with Gasteiger partial charge in [0, 0.05) is 50.4 Å². The van der Waals surface area contributed by atoms with Gasteiger partial charge in [0.05, 0.1) is 4.92 Å². The van der Waals surface area contributed by atoms with Gasteiger partial charge < -0.3 is 0 Å². The summed E-state index contributed by atoms with van der Waals surface area (Å²) in [7, 11) is 0. The molecule has 5 nitrogen and oxygen atoms in total.